The molecule has 34 heavy (non-hydrogen) atoms. The molecule has 2 atom stereocenters. The Morgan fingerprint density at radius 3 is 2.12 bits per heavy atom. The van der Waals surface area contributed by atoms with E-state index in [1.165, 1.54) is 4.90 Å². The van der Waals surface area contributed by atoms with Crippen molar-refractivity contribution in [1.29, 1.82) is 0 Å². The number of rotatable bonds is 3. The van der Waals surface area contributed by atoms with Gasteiger partial charge in [-0.1, -0.05) is 29.8 Å². The Morgan fingerprint density at radius 2 is 1.53 bits per heavy atom. The molecule has 2 aromatic carbocycles. The van der Waals surface area contributed by atoms with Crippen LogP contribution in [0.4, 0.5) is 5.69 Å². The fourth-order valence-electron chi connectivity index (χ4n) is 6.30. The molecule has 0 N–H and O–H groups in total. The smallest absolute Gasteiger partial charge is 0.261 e. The fraction of sp³-hybridized carbons (Fsp3) is 0.444. The lowest BCUT2D eigenvalue weighted by atomic mass is 9.86. The van der Waals surface area contributed by atoms with E-state index in [1.54, 1.807) is 12.1 Å². The van der Waals surface area contributed by atoms with Gasteiger partial charge in [-0.25, -0.2) is 9.91 Å². The van der Waals surface area contributed by atoms with Gasteiger partial charge in [0.2, 0.25) is 11.8 Å². The van der Waals surface area contributed by atoms with E-state index in [0.717, 1.165) is 28.0 Å². The summed E-state index contributed by atoms with van der Waals surface area (Å²) in [7, 11) is 1.62. The predicted molar refractivity (Wildman–Crippen MR) is 128 cm³/mol. The molecule has 0 saturated carbocycles. The highest BCUT2D eigenvalue weighted by molar-refractivity contribution is 6.26. The van der Waals surface area contributed by atoms with Crippen molar-refractivity contribution in [3.63, 3.8) is 0 Å². The highest BCUT2D eigenvalue weighted by Gasteiger charge is 2.69. The zero-order valence-corrected chi connectivity index (χ0v) is 20.6. The Morgan fingerprint density at radius 1 is 0.912 bits per heavy atom. The van der Waals surface area contributed by atoms with Crippen molar-refractivity contribution in [3.8, 4) is 5.75 Å². The highest BCUT2D eigenvalue weighted by Crippen LogP contribution is 2.55. The average molecular weight is 462 g/mol. The molecule has 0 aliphatic carbocycles. The maximum atomic E-state index is 14.2. The molecule has 3 fully saturated rings. The minimum Gasteiger partial charge on any atom is -0.497 e. The largest absolute Gasteiger partial charge is 0.497 e. The van der Waals surface area contributed by atoms with E-state index < -0.39 is 11.1 Å². The zero-order chi connectivity index (χ0) is 24.6. The molecule has 1 spiro atoms. The number of hydrogen-bond donors (Lipinski definition) is 0. The Bertz CT molecular complexity index is 1200. The second kappa shape index (κ2) is 7.40. The first kappa shape index (κ1) is 22.6. The van der Waals surface area contributed by atoms with Crippen LogP contribution in [0.5, 0.6) is 5.75 Å². The van der Waals surface area contributed by atoms with E-state index in [1.807, 2.05) is 76.0 Å². The standard InChI is InChI=1S/C27H31N3O4/c1-16-11-17(2)24(18(3)12-16)28-22(31)15-27(25(28)33)13-21(19-7-9-20(34-6)10-8-19)29-26(4,5)14-23(32)30(27)29/h7-12,21H,13-15H2,1-6H3/t21-,27+/m0/s1. The van der Waals surface area contributed by atoms with E-state index in [-0.39, 0.29) is 30.2 Å². The quantitative estimate of drug-likeness (QED) is 0.647. The zero-order valence-electron chi connectivity index (χ0n) is 20.6. The molecular weight excluding hydrogens is 430 g/mol. The maximum absolute atomic E-state index is 14.2. The van der Waals surface area contributed by atoms with Crippen LogP contribution < -0.4 is 9.64 Å². The van der Waals surface area contributed by atoms with E-state index in [9.17, 15) is 14.4 Å². The molecule has 0 bridgehead atoms. The number of carbonyl (C=O) groups excluding carboxylic acids is 3. The summed E-state index contributed by atoms with van der Waals surface area (Å²) in [5.41, 5.74) is 2.79. The summed E-state index contributed by atoms with van der Waals surface area (Å²) in [4.78, 5) is 42.3. The van der Waals surface area contributed by atoms with Crippen LogP contribution >= 0.6 is 0 Å². The molecule has 3 saturated heterocycles. The lowest BCUT2D eigenvalue weighted by molar-refractivity contribution is -0.154. The topological polar surface area (TPSA) is 70.2 Å². The van der Waals surface area contributed by atoms with Crippen LogP contribution in [0.25, 0.3) is 0 Å². The van der Waals surface area contributed by atoms with Crippen molar-refractivity contribution in [1.82, 2.24) is 10.0 Å². The molecule has 5 rings (SSSR count). The van der Waals surface area contributed by atoms with Crippen molar-refractivity contribution < 1.29 is 19.1 Å². The van der Waals surface area contributed by atoms with E-state index in [0.29, 0.717) is 18.5 Å². The van der Waals surface area contributed by atoms with Crippen LogP contribution in [-0.4, -0.2) is 45.9 Å². The van der Waals surface area contributed by atoms with Gasteiger partial charge in [-0.05, 0) is 63.4 Å². The molecule has 3 amide bonds. The molecule has 0 aromatic heterocycles. The first-order valence-corrected chi connectivity index (χ1v) is 11.7. The SMILES string of the molecule is COc1ccc([C@@H]2C[C@]3(CC(=O)N(c4c(C)cc(C)cc4C)C3=O)N3C(=O)CC(C)(C)N23)cc1. The van der Waals surface area contributed by atoms with Crippen LogP contribution in [0.3, 0.4) is 0 Å². The van der Waals surface area contributed by atoms with Crippen LogP contribution in [0.2, 0.25) is 0 Å². The Balaban J connectivity index is 1.62. The number of hydrogen-bond acceptors (Lipinski definition) is 5. The lowest BCUT2D eigenvalue weighted by Crippen LogP contribution is -2.55. The predicted octanol–water partition coefficient (Wildman–Crippen LogP) is 4.00. The van der Waals surface area contributed by atoms with Crippen LogP contribution in [0.15, 0.2) is 36.4 Å². The summed E-state index contributed by atoms with van der Waals surface area (Å²) >= 11 is 0. The van der Waals surface area contributed by atoms with Gasteiger partial charge in [-0.3, -0.25) is 19.4 Å². The maximum Gasteiger partial charge on any atom is 0.261 e. The van der Waals surface area contributed by atoms with Crippen molar-refractivity contribution >= 4 is 23.4 Å². The second-order valence-corrected chi connectivity index (χ2v) is 10.5. The Kier molecular flexibility index (Phi) is 4.92. The molecule has 0 unspecified atom stereocenters. The number of nitrogens with zero attached hydrogens (tertiary/aromatic N) is 3. The number of anilines is 1. The summed E-state index contributed by atoms with van der Waals surface area (Å²) in [6.45, 7) is 9.89. The van der Waals surface area contributed by atoms with Gasteiger partial charge in [-0.15, -0.1) is 0 Å². The molecule has 7 nitrogen and oxygen atoms in total. The van der Waals surface area contributed by atoms with Gasteiger partial charge in [0.15, 0.2) is 0 Å². The van der Waals surface area contributed by atoms with E-state index in [4.69, 9.17) is 4.74 Å². The lowest BCUT2D eigenvalue weighted by Gasteiger charge is -2.38. The van der Waals surface area contributed by atoms with Gasteiger partial charge in [0.1, 0.15) is 11.3 Å². The Hall–Kier alpha value is -3.19. The second-order valence-electron chi connectivity index (χ2n) is 10.5. The fourth-order valence-corrected chi connectivity index (χ4v) is 6.30. The van der Waals surface area contributed by atoms with Crippen LogP contribution in [-0.2, 0) is 14.4 Å². The van der Waals surface area contributed by atoms with Crippen molar-refractivity contribution in [2.75, 3.05) is 12.0 Å². The van der Waals surface area contributed by atoms with Gasteiger partial charge in [0.05, 0.1) is 25.3 Å². The van der Waals surface area contributed by atoms with Crippen molar-refractivity contribution in [2.45, 2.75) is 71.0 Å². The minimum absolute atomic E-state index is 0.0104. The summed E-state index contributed by atoms with van der Waals surface area (Å²) in [6.07, 6.45) is 0.661. The third-order valence-electron chi connectivity index (χ3n) is 7.54. The summed E-state index contributed by atoms with van der Waals surface area (Å²) < 4.78 is 5.31. The van der Waals surface area contributed by atoms with E-state index >= 15 is 0 Å². The average Bonchev–Trinajstić information content (AvgIpc) is 3.32. The monoisotopic (exact) mass is 461 g/mol. The molecule has 0 radical (unpaired) electrons. The van der Waals surface area contributed by atoms with Gasteiger partial charge >= 0.3 is 0 Å². The van der Waals surface area contributed by atoms with Gasteiger partial charge in [0, 0.05) is 18.4 Å². The Labute approximate surface area is 200 Å². The normalized spacial score (nSPS) is 26.2. The minimum atomic E-state index is -1.21. The number of carbonyl (C=O) groups is 3. The van der Waals surface area contributed by atoms with Crippen LogP contribution in [0.1, 0.15) is 61.4 Å². The van der Waals surface area contributed by atoms with Gasteiger partial charge in [-0.2, -0.15) is 0 Å². The summed E-state index contributed by atoms with van der Waals surface area (Å²) in [5.74, 6) is 0.0718. The first-order chi connectivity index (χ1) is 16.0. The molecule has 2 aromatic rings. The number of fused-ring (bicyclic) bond motifs is 2. The third kappa shape index (κ3) is 3.03. The van der Waals surface area contributed by atoms with Crippen molar-refractivity contribution in [2.24, 2.45) is 0 Å². The number of imide groups is 1. The third-order valence-corrected chi connectivity index (χ3v) is 7.54. The highest BCUT2D eigenvalue weighted by atomic mass is 16.5. The number of amides is 3. The number of aryl methyl sites for hydroxylation is 3. The molecule has 3 heterocycles. The molecule has 178 valence electrons. The summed E-state index contributed by atoms with van der Waals surface area (Å²) in [5, 5.41) is 3.67. The van der Waals surface area contributed by atoms with Gasteiger partial charge < -0.3 is 4.74 Å². The van der Waals surface area contributed by atoms with Crippen LogP contribution in [0, 0.1) is 20.8 Å². The molecule has 3 aliphatic heterocycles. The number of hydrazine groups is 1. The number of ether oxygens (including phenoxy) is 1. The molecule has 7 heteroatoms. The summed E-state index contributed by atoms with van der Waals surface area (Å²) in [6, 6.07) is 11.5. The van der Waals surface area contributed by atoms with E-state index in [2.05, 4.69) is 0 Å². The number of methoxy groups -OCH3 is 1. The van der Waals surface area contributed by atoms with Gasteiger partial charge in [0.25, 0.3) is 5.91 Å². The molecular formula is C27H31N3O4. The number of benzene rings is 2. The molecule has 3 aliphatic rings. The first-order valence-electron chi connectivity index (χ1n) is 11.7. The van der Waals surface area contributed by atoms with Crippen molar-refractivity contribution in [3.05, 3.63) is 58.7 Å².